The summed E-state index contributed by atoms with van der Waals surface area (Å²) in [6.45, 7) is 2.52. The number of benzene rings is 1. The number of carbonyl (C=O) groups is 1. The first-order valence-corrected chi connectivity index (χ1v) is 7.59. The number of hydrogen-bond donors (Lipinski definition) is 1. The molecule has 1 N–H and O–H groups in total. The fourth-order valence-electron chi connectivity index (χ4n) is 2.30. The summed E-state index contributed by atoms with van der Waals surface area (Å²) in [7, 11) is 1.81. The topological polar surface area (TPSA) is 59.4 Å². The molecular formula is C16H16N4O2S. The summed E-state index contributed by atoms with van der Waals surface area (Å²) in [4.78, 5) is 14.1. The highest BCUT2D eigenvalue weighted by Crippen LogP contribution is 2.24. The maximum atomic E-state index is 12.6. The monoisotopic (exact) mass is 328 g/mol. The van der Waals surface area contributed by atoms with Crippen LogP contribution in [-0.4, -0.2) is 27.4 Å². The second-order valence-electron chi connectivity index (χ2n) is 4.94. The molecule has 0 bridgehead atoms. The number of aryl methyl sites for hydroxylation is 1. The van der Waals surface area contributed by atoms with Crippen LogP contribution in [0.15, 0.2) is 42.2 Å². The number of nitrogens with zero attached hydrogens (tertiary/aromatic N) is 3. The Morgan fingerprint density at radius 3 is 2.65 bits per heavy atom. The van der Waals surface area contributed by atoms with Crippen molar-refractivity contribution in [2.75, 3.05) is 11.5 Å². The van der Waals surface area contributed by atoms with Crippen molar-refractivity contribution < 1.29 is 9.53 Å². The fraction of sp³-hybridized carbons (Fsp3) is 0.188. The number of anilines is 1. The first-order valence-electron chi connectivity index (χ1n) is 7.18. The van der Waals surface area contributed by atoms with Crippen LogP contribution in [0.3, 0.4) is 0 Å². The second kappa shape index (κ2) is 6.21. The molecule has 3 rings (SSSR count). The van der Waals surface area contributed by atoms with Gasteiger partial charge < -0.3 is 10.1 Å². The van der Waals surface area contributed by atoms with Gasteiger partial charge in [-0.3, -0.25) is 14.4 Å². The van der Waals surface area contributed by atoms with E-state index in [0.29, 0.717) is 23.1 Å². The number of ether oxygens (including phenoxy) is 1. The van der Waals surface area contributed by atoms with Crippen molar-refractivity contribution in [1.82, 2.24) is 15.1 Å². The lowest BCUT2D eigenvalue weighted by Gasteiger charge is -2.14. The first kappa shape index (κ1) is 15.2. The summed E-state index contributed by atoms with van der Waals surface area (Å²) in [6, 6.07) is 9.08. The van der Waals surface area contributed by atoms with E-state index in [0.717, 1.165) is 11.4 Å². The Morgan fingerprint density at radius 2 is 2.04 bits per heavy atom. The molecule has 1 aromatic heterocycles. The molecule has 6 nitrogen and oxygen atoms in total. The average Bonchev–Trinajstić information content (AvgIpc) is 3.05. The van der Waals surface area contributed by atoms with Crippen molar-refractivity contribution in [1.29, 1.82) is 0 Å². The number of amides is 1. The predicted octanol–water partition coefficient (Wildman–Crippen LogP) is 2.08. The van der Waals surface area contributed by atoms with E-state index in [1.807, 2.05) is 44.3 Å². The molecule has 0 radical (unpaired) electrons. The normalized spacial score (nSPS) is 16.1. The first-order chi connectivity index (χ1) is 11.1. The van der Waals surface area contributed by atoms with Gasteiger partial charge in [0.2, 0.25) is 0 Å². The number of nitrogens with one attached hydrogen (secondary N) is 1. The van der Waals surface area contributed by atoms with Gasteiger partial charge >= 0.3 is 0 Å². The molecule has 118 valence electrons. The Balaban J connectivity index is 1.87. The highest BCUT2D eigenvalue weighted by atomic mass is 32.1. The molecule has 2 aromatic rings. The summed E-state index contributed by atoms with van der Waals surface area (Å²) in [5, 5.41) is 7.39. The van der Waals surface area contributed by atoms with Gasteiger partial charge in [0.1, 0.15) is 11.4 Å². The zero-order valence-corrected chi connectivity index (χ0v) is 13.6. The van der Waals surface area contributed by atoms with E-state index in [2.05, 4.69) is 10.4 Å². The fourth-order valence-corrected chi connectivity index (χ4v) is 2.60. The highest BCUT2D eigenvalue weighted by Gasteiger charge is 2.32. The van der Waals surface area contributed by atoms with Gasteiger partial charge in [-0.15, -0.1) is 0 Å². The number of aromatic nitrogens is 2. The minimum Gasteiger partial charge on any atom is -0.494 e. The maximum Gasteiger partial charge on any atom is 0.281 e. The Labute approximate surface area is 139 Å². The lowest BCUT2D eigenvalue weighted by atomic mass is 10.2. The molecule has 0 unspecified atom stereocenters. The van der Waals surface area contributed by atoms with Gasteiger partial charge in [-0.25, -0.2) is 0 Å². The lowest BCUT2D eigenvalue weighted by Crippen LogP contribution is -2.30. The SMILES string of the molecule is CCOc1ccc(N2C(=O)/C(=C\c3ccnn3C)NC2=S)cc1. The van der Waals surface area contributed by atoms with Crippen molar-refractivity contribution in [3.8, 4) is 5.75 Å². The van der Waals surface area contributed by atoms with E-state index in [9.17, 15) is 4.79 Å². The largest absolute Gasteiger partial charge is 0.494 e. The second-order valence-corrected chi connectivity index (χ2v) is 5.32. The zero-order chi connectivity index (χ0) is 16.4. The summed E-state index contributed by atoms with van der Waals surface area (Å²) in [5.41, 5.74) is 1.94. The molecule has 1 aliphatic rings. The number of carbonyl (C=O) groups excluding carboxylic acids is 1. The van der Waals surface area contributed by atoms with Crippen LogP contribution in [0.1, 0.15) is 12.6 Å². The van der Waals surface area contributed by atoms with Gasteiger partial charge in [0.15, 0.2) is 5.11 Å². The van der Waals surface area contributed by atoms with Crippen LogP contribution in [0.2, 0.25) is 0 Å². The number of rotatable bonds is 4. The molecule has 0 spiro atoms. The lowest BCUT2D eigenvalue weighted by molar-refractivity contribution is -0.113. The molecule has 0 atom stereocenters. The van der Waals surface area contributed by atoms with Crippen LogP contribution in [-0.2, 0) is 11.8 Å². The van der Waals surface area contributed by atoms with Gasteiger partial charge in [-0.1, -0.05) is 0 Å². The number of thiocarbonyl (C=S) groups is 1. The van der Waals surface area contributed by atoms with Crippen molar-refractivity contribution in [3.63, 3.8) is 0 Å². The molecule has 1 saturated heterocycles. The quantitative estimate of drug-likeness (QED) is 0.688. The van der Waals surface area contributed by atoms with Crippen LogP contribution in [0.4, 0.5) is 5.69 Å². The molecule has 0 saturated carbocycles. The Morgan fingerprint density at radius 1 is 1.30 bits per heavy atom. The van der Waals surface area contributed by atoms with E-state index in [1.165, 1.54) is 4.90 Å². The maximum absolute atomic E-state index is 12.6. The van der Waals surface area contributed by atoms with E-state index < -0.39 is 0 Å². The zero-order valence-electron chi connectivity index (χ0n) is 12.8. The van der Waals surface area contributed by atoms with Crippen molar-refractivity contribution in [2.24, 2.45) is 7.05 Å². The molecule has 1 amide bonds. The van der Waals surface area contributed by atoms with Gasteiger partial charge in [0, 0.05) is 13.2 Å². The van der Waals surface area contributed by atoms with Gasteiger partial charge in [-0.05, 0) is 55.5 Å². The van der Waals surface area contributed by atoms with Crippen molar-refractivity contribution in [2.45, 2.75) is 6.92 Å². The van der Waals surface area contributed by atoms with Gasteiger partial charge in [0.05, 0.1) is 18.0 Å². The average molecular weight is 328 g/mol. The highest BCUT2D eigenvalue weighted by molar-refractivity contribution is 7.80. The summed E-state index contributed by atoms with van der Waals surface area (Å²) >= 11 is 5.29. The van der Waals surface area contributed by atoms with Crippen LogP contribution >= 0.6 is 12.2 Å². The van der Waals surface area contributed by atoms with Crippen LogP contribution in [0.25, 0.3) is 6.08 Å². The standard InChI is InChI=1S/C16H16N4O2S/c1-3-22-13-6-4-11(5-7-13)20-15(21)14(18-16(20)23)10-12-8-9-17-19(12)2/h4-10H,3H2,1-2H3,(H,18,23)/b14-10+. The minimum atomic E-state index is -0.194. The molecule has 1 fully saturated rings. The molecule has 7 heteroatoms. The summed E-state index contributed by atoms with van der Waals surface area (Å²) < 4.78 is 7.09. The van der Waals surface area contributed by atoms with E-state index in [4.69, 9.17) is 17.0 Å². The molecule has 23 heavy (non-hydrogen) atoms. The minimum absolute atomic E-state index is 0.194. The van der Waals surface area contributed by atoms with Crippen LogP contribution < -0.4 is 15.0 Å². The van der Waals surface area contributed by atoms with E-state index >= 15 is 0 Å². The third-order valence-electron chi connectivity index (χ3n) is 3.44. The third-order valence-corrected chi connectivity index (χ3v) is 3.72. The van der Waals surface area contributed by atoms with E-state index in [-0.39, 0.29) is 5.91 Å². The van der Waals surface area contributed by atoms with Crippen molar-refractivity contribution >= 4 is 35.0 Å². The van der Waals surface area contributed by atoms with Crippen LogP contribution in [0.5, 0.6) is 5.75 Å². The summed E-state index contributed by atoms with van der Waals surface area (Å²) in [6.07, 6.45) is 3.41. The predicted molar refractivity (Wildman–Crippen MR) is 92.0 cm³/mol. The Bertz CT molecular complexity index is 780. The molecule has 1 aromatic carbocycles. The number of hydrogen-bond acceptors (Lipinski definition) is 4. The van der Waals surface area contributed by atoms with Gasteiger partial charge in [-0.2, -0.15) is 5.10 Å². The van der Waals surface area contributed by atoms with E-state index in [1.54, 1.807) is 17.0 Å². The molecule has 0 aliphatic carbocycles. The Kier molecular flexibility index (Phi) is 4.12. The Hall–Kier alpha value is -2.67. The van der Waals surface area contributed by atoms with Crippen molar-refractivity contribution in [3.05, 3.63) is 47.9 Å². The smallest absolute Gasteiger partial charge is 0.281 e. The molecule has 2 heterocycles. The van der Waals surface area contributed by atoms with Gasteiger partial charge in [0.25, 0.3) is 5.91 Å². The molecule has 1 aliphatic heterocycles. The molecular weight excluding hydrogens is 312 g/mol. The van der Waals surface area contributed by atoms with Crippen LogP contribution in [0, 0.1) is 0 Å². The third kappa shape index (κ3) is 2.95. The summed E-state index contributed by atoms with van der Waals surface area (Å²) in [5.74, 6) is 0.563.